The van der Waals surface area contributed by atoms with Crippen molar-refractivity contribution in [2.45, 2.75) is 31.4 Å². The summed E-state index contributed by atoms with van der Waals surface area (Å²) in [5.74, 6) is -1.02. The molecule has 2 aromatic heterocycles. The molecule has 0 amide bonds. The van der Waals surface area contributed by atoms with Gasteiger partial charge in [-0.25, -0.2) is 4.98 Å². The van der Waals surface area contributed by atoms with Crippen LogP contribution in [-0.2, 0) is 18.0 Å². The number of aryl methyl sites for hydroxylation is 1. The molecule has 0 saturated heterocycles. The normalized spacial score (nSPS) is 13.4. The van der Waals surface area contributed by atoms with Gasteiger partial charge < -0.3 is 14.7 Å². The van der Waals surface area contributed by atoms with Gasteiger partial charge in [0.25, 0.3) is 0 Å². The standard InChI is InChI=1S/C23H20ClF3N4O2.ClH/c1-22(13-28,18-12-32-20(29-18)15-5-7-17(24)8-6-15)10-9-14-3-2-4-16(11-14)19-30-21(33-31-19)23(25,26)27;/h2-8,11-12H,9-10,13,28H2,1H3;1H. The van der Waals surface area contributed by atoms with E-state index in [0.717, 1.165) is 16.8 Å². The maximum absolute atomic E-state index is 12.7. The first kappa shape index (κ1) is 25.7. The van der Waals surface area contributed by atoms with Crippen molar-refractivity contribution < 1.29 is 22.1 Å². The summed E-state index contributed by atoms with van der Waals surface area (Å²) < 4.78 is 48.2. The number of alkyl halides is 3. The van der Waals surface area contributed by atoms with Gasteiger partial charge in [0.15, 0.2) is 0 Å². The van der Waals surface area contributed by atoms with E-state index in [9.17, 15) is 13.2 Å². The summed E-state index contributed by atoms with van der Waals surface area (Å²) in [4.78, 5) is 8.08. The Balaban J connectivity index is 0.00000324. The van der Waals surface area contributed by atoms with E-state index in [1.54, 1.807) is 36.6 Å². The van der Waals surface area contributed by atoms with Gasteiger partial charge in [0.1, 0.15) is 6.26 Å². The maximum atomic E-state index is 12.7. The highest BCUT2D eigenvalue weighted by Crippen LogP contribution is 2.32. The molecular weight excluding hydrogens is 492 g/mol. The van der Waals surface area contributed by atoms with Gasteiger partial charge in [-0.15, -0.1) is 12.4 Å². The Labute approximate surface area is 204 Å². The van der Waals surface area contributed by atoms with Crippen molar-refractivity contribution in [1.82, 2.24) is 15.1 Å². The molecule has 0 bridgehead atoms. The summed E-state index contributed by atoms with van der Waals surface area (Å²) in [6, 6.07) is 14.2. The zero-order valence-electron chi connectivity index (χ0n) is 18.0. The second kappa shape index (κ2) is 10.2. The zero-order chi connectivity index (χ0) is 23.6. The van der Waals surface area contributed by atoms with E-state index >= 15 is 0 Å². The van der Waals surface area contributed by atoms with Crippen LogP contribution in [-0.4, -0.2) is 21.7 Å². The quantitative estimate of drug-likeness (QED) is 0.310. The van der Waals surface area contributed by atoms with Crippen LogP contribution < -0.4 is 5.73 Å². The molecule has 2 N–H and O–H groups in total. The largest absolute Gasteiger partial charge is 0.471 e. The second-order valence-corrected chi connectivity index (χ2v) is 8.37. The molecule has 0 aliphatic heterocycles. The molecule has 180 valence electrons. The fourth-order valence-corrected chi connectivity index (χ4v) is 3.48. The van der Waals surface area contributed by atoms with Crippen LogP contribution in [0.3, 0.4) is 0 Å². The molecule has 0 saturated carbocycles. The van der Waals surface area contributed by atoms with Crippen LogP contribution >= 0.6 is 24.0 Å². The molecule has 0 spiro atoms. The molecule has 2 aromatic carbocycles. The van der Waals surface area contributed by atoms with Crippen LogP contribution in [0.1, 0.15) is 30.5 Å². The average molecular weight is 513 g/mol. The van der Waals surface area contributed by atoms with E-state index in [0.29, 0.717) is 35.9 Å². The highest BCUT2D eigenvalue weighted by molar-refractivity contribution is 6.30. The average Bonchev–Trinajstić information content (AvgIpc) is 3.49. The van der Waals surface area contributed by atoms with Gasteiger partial charge in [-0.1, -0.05) is 41.9 Å². The Kier molecular flexibility index (Phi) is 7.70. The third-order valence-corrected chi connectivity index (χ3v) is 5.74. The van der Waals surface area contributed by atoms with Gasteiger partial charge in [0.05, 0.1) is 5.69 Å². The monoisotopic (exact) mass is 512 g/mol. The Morgan fingerprint density at radius 3 is 2.41 bits per heavy atom. The Hall–Kier alpha value is -2.88. The van der Waals surface area contributed by atoms with E-state index in [-0.39, 0.29) is 18.2 Å². The van der Waals surface area contributed by atoms with Crippen molar-refractivity contribution >= 4 is 24.0 Å². The first-order valence-corrected chi connectivity index (χ1v) is 10.5. The first-order chi connectivity index (χ1) is 15.7. The minimum atomic E-state index is -4.69. The van der Waals surface area contributed by atoms with E-state index in [4.69, 9.17) is 21.8 Å². The predicted molar refractivity (Wildman–Crippen MR) is 124 cm³/mol. The minimum absolute atomic E-state index is 0. The Morgan fingerprint density at radius 1 is 1.03 bits per heavy atom. The smallest absolute Gasteiger partial charge is 0.444 e. The summed E-state index contributed by atoms with van der Waals surface area (Å²) in [5.41, 5.74) is 8.48. The highest BCUT2D eigenvalue weighted by Gasteiger charge is 2.38. The van der Waals surface area contributed by atoms with E-state index in [1.807, 2.05) is 25.1 Å². The maximum Gasteiger partial charge on any atom is 0.471 e. The lowest BCUT2D eigenvalue weighted by Gasteiger charge is -2.25. The number of rotatable bonds is 7. The first-order valence-electron chi connectivity index (χ1n) is 10.1. The predicted octanol–water partition coefficient (Wildman–Crippen LogP) is 6.33. The molecule has 1 unspecified atom stereocenters. The van der Waals surface area contributed by atoms with E-state index < -0.39 is 17.5 Å². The number of hydrogen-bond acceptors (Lipinski definition) is 6. The number of aromatic nitrogens is 3. The van der Waals surface area contributed by atoms with Crippen LogP contribution in [0.15, 0.2) is 63.7 Å². The van der Waals surface area contributed by atoms with Crippen molar-refractivity contribution in [2.24, 2.45) is 5.73 Å². The van der Waals surface area contributed by atoms with Crippen molar-refractivity contribution in [3.05, 3.63) is 77.0 Å². The summed E-state index contributed by atoms with van der Waals surface area (Å²) in [6.07, 6.45) is -1.84. The van der Waals surface area contributed by atoms with Gasteiger partial charge in [-0.2, -0.15) is 18.2 Å². The molecule has 34 heavy (non-hydrogen) atoms. The number of benzene rings is 2. The van der Waals surface area contributed by atoms with Crippen LogP contribution in [0, 0.1) is 0 Å². The summed E-state index contributed by atoms with van der Waals surface area (Å²) in [5, 5.41) is 4.07. The van der Waals surface area contributed by atoms with Crippen molar-refractivity contribution in [1.29, 1.82) is 0 Å². The van der Waals surface area contributed by atoms with Gasteiger partial charge in [-0.3, -0.25) is 0 Å². The van der Waals surface area contributed by atoms with Crippen molar-refractivity contribution in [3.63, 3.8) is 0 Å². The lowest BCUT2D eigenvalue weighted by Crippen LogP contribution is -2.32. The third kappa shape index (κ3) is 5.60. The molecule has 0 aliphatic carbocycles. The SMILES string of the molecule is CC(CN)(CCc1cccc(-c2noc(C(F)(F)F)n2)c1)c1coc(-c2ccc(Cl)cc2)n1.Cl. The van der Waals surface area contributed by atoms with Gasteiger partial charge in [0, 0.05) is 28.1 Å². The second-order valence-electron chi connectivity index (χ2n) is 7.93. The summed E-state index contributed by atoms with van der Waals surface area (Å²) in [7, 11) is 0. The number of halogens is 5. The Morgan fingerprint density at radius 2 is 1.76 bits per heavy atom. The van der Waals surface area contributed by atoms with E-state index in [2.05, 4.69) is 19.6 Å². The van der Waals surface area contributed by atoms with E-state index in [1.165, 1.54) is 0 Å². The topological polar surface area (TPSA) is 91.0 Å². The van der Waals surface area contributed by atoms with Gasteiger partial charge in [0.2, 0.25) is 11.7 Å². The third-order valence-electron chi connectivity index (χ3n) is 5.48. The molecule has 11 heteroatoms. The molecule has 1 atom stereocenters. The summed E-state index contributed by atoms with van der Waals surface area (Å²) in [6.45, 7) is 2.33. The molecule has 6 nitrogen and oxygen atoms in total. The molecular formula is C23H21Cl2F3N4O2. The number of oxazole rings is 1. The number of nitrogens with zero attached hydrogens (tertiary/aromatic N) is 3. The minimum Gasteiger partial charge on any atom is -0.444 e. The Bertz CT molecular complexity index is 1240. The lowest BCUT2D eigenvalue weighted by atomic mass is 9.81. The molecule has 2 heterocycles. The number of hydrogen-bond donors (Lipinski definition) is 1. The number of nitrogens with two attached hydrogens (primary N) is 1. The fourth-order valence-electron chi connectivity index (χ4n) is 3.35. The van der Waals surface area contributed by atoms with Crippen LogP contribution in [0.25, 0.3) is 22.8 Å². The van der Waals surface area contributed by atoms with Crippen LogP contribution in [0.2, 0.25) is 5.02 Å². The lowest BCUT2D eigenvalue weighted by molar-refractivity contribution is -0.159. The van der Waals surface area contributed by atoms with Crippen LogP contribution in [0.5, 0.6) is 0 Å². The molecule has 0 fully saturated rings. The van der Waals surface area contributed by atoms with Crippen LogP contribution in [0.4, 0.5) is 13.2 Å². The van der Waals surface area contributed by atoms with Crippen molar-refractivity contribution in [3.8, 4) is 22.8 Å². The van der Waals surface area contributed by atoms with Gasteiger partial charge >= 0.3 is 12.1 Å². The highest BCUT2D eigenvalue weighted by atomic mass is 35.5. The van der Waals surface area contributed by atoms with Crippen molar-refractivity contribution in [2.75, 3.05) is 6.54 Å². The van der Waals surface area contributed by atoms with Gasteiger partial charge in [-0.05, 0) is 48.7 Å². The molecule has 4 rings (SSSR count). The molecule has 0 aliphatic rings. The fraction of sp³-hybridized carbons (Fsp3) is 0.261. The molecule has 4 aromatic rings. The summed E-state index contributed by atoms with van der Waals surface area (Å²) >= 11 is 5.94. The zero-order valence-corrected chi connectivity index (χ0v) is 19.5. The molecule has 0 radical (unpaired) electrons.